The highest BCUT2D eigenvalue weighted by Crippen LogP contribution is 2.36. The molecule has 2 aromatic heterocycles. The predicted molar refractivity (Wildman–Crippen MR) is 101 cm³/mol. The van der Waals surface area contributed by atoms with E-state index in [9.17, 15) is 22.8 Å². The molecule has 4 rings (SSSR count). The summed E-state index contributed by atoms with van der Waals surface area (Å²) < 4.78 is 46.2. The molecule has 0 atom stereocenters. The quantitative estimate of drug-likeness (QED) is 0.516. The highest BCUT2D eigenvalue weighted by Gasteiger charge is 2.37. The molecule has 0 unspecified atom stereocenters. The fourth-order valence-corrected chi connectivity index (χ4v) is 3.42. The van der Waals surface area contributed by atoms with Crippen LogP contribution in [0.2, 0.25) is 5.02 Å². The van der Waals surface area contributed by atoms with E-state index < -0.39 is 29.0 Å². The lowest BCUT2D eigenvalue weighted by molar-refractivity contribution is -0.137. The van der Waals surface area contributed by atoms with Gasteiger partial charge in [0.15, 0.2) is 0 Å². The van der Waals surface area contributed by atoms with Gasteiger partial charge in [-0.3, -0.25) is 4.79 Å². The van der Waals surface area contributed by atoms with Gasteiger partial charge in [-0.05, 0) is 30.7 Å². The standard InChI is InChI=1S/C19H12ClF3N4O3/c1-2-13-10-7-6-9(16-24-25-18(29)30-16)8-14(10)27(26-13)17(28)15-11(19(21,22)23)4-3-5-12(15)20/h3-8H,2H2,1H3,(H,25,29). The van der Waals surface area contributed by atoms with Gasteiger partial charge in [0, 0.05) is 10.9 Å². The van der Waals surface area contributed by atoms with E-state index in [1.807, 2.05) is 0 Å². The first-order valence-corrected chi connectivity index (χ1v) is 9.06. The number of hydrogen-bond acceptors (Lipinski definition) is 5. The van der Waals surface area contributed by atoms with E-state index in [1.165, 1.54) is 12.1 Å². The van der Waals surface area contributed by atoms with Crippen LogP contribution in [-0.4, -0.2) is 25.9 Å². The first kappa shape index (κ1) is 19.9. The summed E-state index contributed by atoms with van der Waals surface area (Å²) in [6, 6.07) is 7.82. The van der Waals surface area contributed by atoms with Gasteiger partial charge in [-0.25, -0.2) is 9.89 Å². The number of benzene rings is 2. The van der Waals surface area contributed by atoms with Crippen molar-refractivity contribution in [3.63, 3.8) is 0 Å². The molecule has 0 aliphatic heterocycles. The summed E-state index contributed by atoms with van der Waals surface area (Å²) in [6.45, 7) is 1.80. The van der Waals surface area contributed by atoms with Crippen LogP contribution in [0.4, 0.5) is 13.2 Å². The molecule has 1 N–H and O–H groups in total. The van der Waals surface area contributed by atoms with Crippen molar-refractivity contribution in [2.45, 2.75) is 19.5 Å². The van der Waals surface area contributed by atoms with Gasteiger partial charge in [0.25, 0.3) is 5.91 Å². The van der Waals surface area contributed by atoms with Crippen LogP contribution in [0.5, 0.6) is 0 Å². The van der Waals surface area contributed by atoms with E-state index in [0.29, 0.717) is 23.1 Å². The van der Waals surface area contributed by atoms with Crippen molar-refractivity contribution in [2.75, 3.05) is 0 Å². The summed E-state index contributed by atoms with van der Waals surface area (Å²) >= 11 is 5.98. The van der Waals surface area contributed by atoms with Crippen molar-refractivity contribution < 1.29 is 22.4 Å². The normalized spacial score (nSPS) is 11.9. The van der Waals surface area contributed by atoms with Crippen molar-refractivity contribution in [1.29, 1.82) is 0 Å². The van der Waals surface area contributed by atoms with Crippen LogP contribution in [0.25, 0.3) is 22.4 Å². The monoisotopic (exact) mass is 436 g/mol. The van der Waals surface area contributed by atoms with Gasteiger partial charge in [-0.2, -0.15) is 23.0 Å². The van der Waals surface area contributed by atoms with Crippen molar-refractivity contribution >= 4 is 28.4 Å². The number of aromatic amines is 1. The Morgan fingerprint density at radius 1 is 1.27 bits per heavy atom. The Labute approximate surface area is 171 Å². The third-order valence-electron chi connectivity index (χ3n) is 4.50. The third-order valence-corrected chi connectivity index (χ3v) is 4.82. The Morgan fingerprint density at radius 2 is 2.03 bits per heavy atom. The topological polar surface area (TPSA) is 93.8 Å². The summed E-state index contributed by atoms with van der Waals surface area (Å²) in [5.41, 5.74) is -0.777. The van der Waals surface area contributed by atoms with Gasteiger partial charge >= 0.3 is 11.9 Å². The summed E-state index contributed by atoms with van der Waals surface area (Å²) in [7, 11) is 0. The molecule has 30 heavy (non-hydrogen) atoms. The summed E-state index contributed by atoms with van der Waals surface area (Å²) in [5, 5.41) is 10.3. The van der Waals surface area contributed by atoms with Crippen LogP contribution in [0, 0.1) is 0 Å². The zero-order valence-corrected chi connectivity index (χ0v) is 16.0. The molecule has 0 spiro atoms. The highest BCUT2D eigenvalue weighted by molar-refractivity contribution is 6.34. The van der Waals surface area contributed by atoms with Gasteiger partial charge in [-0.15, -0.1) is 5.10 Å². The number of nitrogens with zero attached hydrogens (tertiary/aromatic N) is 3. The predicted octanol–water partition coefficient (Wildman–Crippen LogP) is 4.30. The average molecular weight is 437 g/mol. The van der Waals surface area contributed by atoms with Crippen LogP contribution in [-0.2, 0) is 12.6 Å². The number of aromatic nitrogens is 4. The van der Waals surface area contributed by atoms with Crippen molar-refractivity contribution in [1.82, 2.24) is 20.0 Å². The fourth-order valence-electron chi connectivity index (χ4n) is 3.17. The SMILES string of the molecule is CCc1nn(C(=O)c2c(Cl)cccc2C(F)(F)F)c2cc(-c3n[nH]c(=O)o3)ccc12. The second-order valence-corrected chi connectivity index (χ2v) is 6.73. The lowest BCUT2D eigenvalue weighted by Crippen LogP contribution is -2.20. The Hall–Kier alpha value is -3.40. The van der Waals surface area contributed by atoms with Crippen LogP contribution < -0.4 is 5.76 Å². The number of aryl methyl sites for hydroxylation is 1. The first-order valence-electron chi connectivity index (χ1n) is 8.68. The molecule has 2 heterocycles. The molecule has 0 bridgehead atoms. The molecule has 0 aliphatic carbocycles. The maximum absolute atomic E-state index is 13.5. The minimum atomic E-state index is -4.78. The van der Waals surface area contributed by atoms with Gasteiger partial charge in [-0.1, -0.05) is 30.7 Å². The molecule has 0 saturated carbocycles. The van der Waals surface area contributed by atoms with Crippen molar-refractivity contribution in [3.05, 3.63) is 68.8 Å². The van der Waals surface area contributed by atoms with Gasteiger partial charge in [0.2, 0.25) is 5.89 Å². The maximum atomic E-state index is 13.5. The molecule has 0 amide bonds. The van der Waals surface area contributed by atoms with Crippen LogP contribution in [0.1, 0.15) is 28.5 Å². The molecular formula is C19H12ClF3N4O3. The maximum Gasteiger partial charge on any atom is 0.434 e. The van der Waals surface area contributed by atoms with Gasteiger partial charge in [0.05, 0.1) is 27.4 Å². The van der Waals surface area contributed by atoms with Gasteiger partial charge < -0.3 is 4.42 Å². The first-order chi connectivity index (χ1) is 14.2. The van der Waals surface area contributed by atoms with E-state index >= 15 is 0 Å². The lowest BCUT2D eigenvalue weighted by Gasteiger charge is -2.13. The summed E-state index contributed by atoms with van der Waals surface area (Å²) in [5.74, 6) is -1.83. The number of hydrogen-bond donors (Lipinski definition) is 1. The molecule has 0 radical (unpaired) electrons. The van der Waals surface area contributed by atoms with Gasteiger partial charge in [0.1, 0.15) is 0 Å². The zero-order valence-electron chi connectivity index (χ0n) is 15.2. The second-order valence-electron chi connectivity index (χ2n) is 6.33. The molecule has 154 valence electrons. The van der Waals surface area contributed by atoms with Crippen LogP contribution in [0.15, 0.2) is 45.6 Å². The molecule has 7 nitrogen and oxygen atoms in total. The van der Waals surface area contributed by atoms with E-state index in [-0.39, 0.29) is 16.4 Å². The van der Waals surface area contributed by atoms with Crippen LogP contribution in [0.3, 0.4) is 0 Å². The van der Waals surface area contributed by atoms with E-state index in [0.717, 1.165) is 16.8 Å². The number of carbonyl (C=O) groups excluding carboxylic acids is 1. The minimum Gasteiger partial charge on any atom is -0.388 e. The summed E-state index contributed by atoms with van der Waals surface area (Å²) in [6.07, 6.45) is -4.35. The van der Waals surface area contributed by atoms with E-state index in [4.69, 9.17) is 16.0 Å². The number of rotatable bonds is 3. The zero-order chi connectivity index (χ0) is 21.6. The number of H-pyrrole nitrogens is 1. The van der Waals surface area contributed by atoms with Crippen LogP contribution >= 0.6 is 11.6 Å². The largest absolute Gasteiger partial charge is 0.434 e. The fraction of sp³-hybridized carbons (Fsp3) is 0.158. The molecule has 11 heteroatoms. The molecule has 2 aromatic carbocycles. The number of halogens is 4. The molecule has 0 saturated heterocycles. The average Bonchev–Trinajstić information content (AvgIpc) is 3.29. The van der Waals surface area contributed by atoms with E-state index in [2.05, 4.69) is 15.3 Å². The third kappa shape index (κ3) is 3.28. The highest BCUT2D eigenvalue weighted by atomic mass is 35.5. The minimum absolute atomic E-state index is 0.0335. The number of alkyl halides is 3. The molecular weight excluding hydrogens is 425 g/mol. The number of nitrogens with one attached hydrogen (secondary N) is 1. The van der Waals surface area contributed by atoms with Crippen molar-refractivity contribution in [2.24, 2.45) is 0 Å². The Morgan fingerprint density at radius 3 is 2.67 bits per heavy atom. The molecule has 4 aromatic rings. The molecule has 0 fully saturated rings. The van der Waals surface area contributed by atoms with E-state index in [1.54, 1.807) is 19.1 Å². The second kappa shape index (κ2) is 7.13. The Kier molecular flexibility index (Phi) is 4.73. The van der Waals surface area contributed by atoms with Crippen molar-refractivity contribution in [3.8, 4) is 11.5 Å². The number of carbonyl (C=O) groups is 1. The smallest absolute Gasteiger partial charge is 0.388 e. The Balaban J connectivity index is 1.95. The molecule has 0 aliphatic rings. The Bertz CT molecular complexity index is 1340. The lowest BCUT2D eigenvalue weighted by atomic mass is 10.1. The summed E-state index contributed by atoms with van der Waals surface area (Å²) in [4.78, 5) is 24.4. The number of fused-ring (bicyclic) bond motifs is 1.